The lowest BCUT2D eigenvalue weighted by Gasteiger charge is -2.28. The zero-order valence-electron chi connectivity index (χ0n) is 10.1. The number of ether oxygens (including phenoxy) is 1. The number of hydrogen-bond acceptors (Lipinski definition) is 2. The highest BCUT2D eigenvalue weighted by molar-refractivity contribution is 4.75. The Labute approximate surface area is 88.7 Å². The summed E-state index contributed by atoms with van der Waals surface area (Å²) >= 11 is 0. The highest BCUT2D eigenvalue weighted by Crippen LogP contribution is 2.20. The van der Waals surface area contributed by atoms with Crippen LogP contribution in [-0.4, -0.2) is 23.9 Å². The van der Waals surface area contributed by atoms with Gasteiger partial charge >= 0.3 is 0 Å². The van der Waals surface area contributed by atoms with Crippen LogP contribution in [0, 0.1) is 5.92 Å². The molecule has 0 aliphatic heterocycles. The predicted octanol–water partition coefficient (Wildman–Crippen LogP) is 2.99. The molecule has 0 aromatic rings. The van der Waals surface area contributed by atoms with E-state index in [1.807, 2.05) is 6.92 Å². The van der Waals surface area contributed by atoms with Crippen LogP contribution in [0.25, 0.3) is 0 Å². The lowest BCUT2D eigenvalue weighted by molar-refractivity contribution is -0.0635. The summed E-state index contributed by atoms with van der Waals surface area (Å²) in [6.07, 6.45) is 3.85. The van der Waals surface area contributed by atoms with Crippen LogP contribution in [0.5, 0.6) is 0 Å². The molecule has 0 aliphatic rings. The van der Waals surface area contributed by atoms with Crippen molar-refractivity contribution in [3.8, 4) is 0 Å². The summed E-state index contributed by atoms with van der Waals surface area (Å²) in [4.78, 5) is 0. The van der Waals surface area contributed by atoms with E-state index in [0.717, 1.165) is 25.7 Å². The summed E-state index contributed by atoms with van der Waals surface area (Å²) in [6.45, 7) is 9.08. The summed E-state index contributed by atoms with van der Waals surface area (Å²) in [5.41, 5.74) is 0. The zero-order chi connectivity index (χ0) is 11.0. The average Bonchev–Trinajstić information content (AvgIpc) is 2.19. The summed E-state index contributed by atoms with van der Waals surface area (Å²) < 4.78 is 5.58. The molecule has 0 fully saturated rings. The Kier molecular flexibility index (Phi) is 8.20. The molecule has 2 unspecified atom stereocenters. The molecule has 0 aromatic heterocycles. The summed E-state index contributed by atoms with van der Waals surface area (Å²) in [5, 5.41) is 10.1. The van der Waals surface area contributed by atoms with Gasteiger partial charge in [-0.25, -0.2) is 0 Å². The highest BCUT2D eigenvalue weighted by atomic mass is 16.5. The van der Waals surface area contributed by atoms with Gasteiger partial charge in [0.25, 0.3) is 0 Å². The SMILES string of the molecule is CCCC(OCC)C(O)C(CC)CC. The van der Waals surface area contributed by atoms with E-state index in [9.17, 15) is 5.11 Å². The van der Waals surface area contributed by atoms with E-state index in [1.165, 1.54) is 0 Å². The molecule has 86 valence electrons. The minimum absolute atomic E-state index is 0.0369. The average molecular weight is 202 g/mol. The molecule has 14 heavy (non-hydrogen) atoms. The fourth-order valence-electron chi connectivity index (χ4n) is 1.93. The Bertz CT molecular complexity index is 115. The normalized spacial score (nSPS) is 15.9. The third-order valence-corrected chi connectivity index (χ3v) is 2.87. The van der Waals surface area contributed by atoms with Crippen molar-refractivity contribution >= 4 is 0 Å². The first kappa shape index (κ1) is 13.9. The molecule has 2 atom stereocenters. The van der Waals surface area contributed by atoms with E-state index in [1.54, 1.807) is 0 Å². The Balaban J connectivity index is 4.16. The minimum Gasteiger partial charge on any atom is -0.390 e. The van der Waals surface area contributed by atoms with Crippen LogP contribution in [0.2, 0.25) is 0 Å². The quantitative estimate of drug-likeness (QED) is 0.655. The topological polar surface area (TPSA) is 29.5 Å². The van der Waals surface area contributed by atoms with E-state index in [-0.39, 0.29) is 12.2 Å². The molecule has 0 aromatic carbocycles. The molecule has 0 rings (SSSR count). The summed E-state index contributed by atoms with van der Waals surface area (Å²) in [7, 11) is 0. The van der Waals surface area contributed by atoms with E-state index >= 15 is 0 Å². The first-order valence-corrected chi connectivity index (χ1v) is 6.00. The van der Waals surface area contributed by atoms with Crippen molar-refractivity contribution < 1.29 is 9.84 Å². The van der Waals surface area contributed by atoms with Crippen LogP contribution >= 0.6 is 0 Å². The summed E-state index contributed by atoms with van der Waals surface area (Å²) in [5.74, 6) is 0.387. The third-order valence-electron chi connectivity index (χ3n) is 2.87. The molecule has 0 radical (unpaired) electrons. The molecular formula is C12H26O2. The van der Waals surface area contributed by atoms with Crippen molar-refractivity contribution in [3.63, 3.8) is 0 Å². The van der Waals surface area contributed by atoms with Gasteiger partial charge in [0, 0.05) is 6.61 Å². The van der Waals surface area contributed by atoms with Gasteiger partial charge in [0.15, 0.2) is 0 Å². The monoisotopic (exact) mass is 202 g/mol. The maximum atomic E-state index is 10.1. The van der Waals surface area contributed by atoms with Crippen molar-refractivity contribution in [1.82, 2.24) is 0 Å². The van der Waals surface area contributed by atoms with E-state index < -0.39 is 0 Å². The second-order valence-corrected chi connectivity index (χ2v) is 3.85. The molecular weight excluding hydrogens is 176 g/mol. The molecule has 0 amide bonds. The molecule has 2 nitrogen and oxygen atoms in total. The minimum atomic E-state index is -0.287. The van der Waals surface area contributed by atoms with Crippen LogP contribution < -0.4 is 0 Å². The Morgan fingerprint density at radius 3 is 2.00 bits per heavy atom. The maximum Gasteiger partial charge on any atom is 0.0836 e. The smallest absolute Gasteiger partial charge is 0.0836 e. The van der Waals surface area contributed by atoms with Crippen molar-refractivity contribution in [1.29, 1.82) is 0 Å². The molecule has 0 saturated heterocycles. The molecule has 0 bridgehead atoms. The zero-order valence-corrected chi connectivity index (χ0v) is 10.1. The van der Waals surface area contributed by atoms with Gasteiger partial charge in [0.2, 0.25) is 0 Å². The van der Waals surface area contributed by atoms with E-state index in [4.69, 9.17) is 4.74 Å². The van der Waals surface area contributed by atoms with Gasteiger partial charge in [0.05, 0.1) is 12.2 Å². The van der Waals surface area contributed by atoms with Gasteiger partial charge in [-0.2, -0.15) is 0 Å². The number of rotatable bonds is 8. The molecule has 2 heteroatoms. The van der Waals surface area contributed by atoms with Crippen molar-refractivity contribution in [3.05, 3.63) is 0 Å². The molecule has 0 heterocycles. The number of hydrogen-bond donors (Lipinski definition) is 1. The largest absolute Gasteiger partial charge is 0.390 e. The van der Waals surface area contributed by atoms with Gasteiger partial charge in [-0.05, 0) is 19.3 Å². The van der Waals surface area contributed by atoms with Crippen LogP contribution in [0.15, 0.2) is 0 Å². The van der Waals surface area contributed by atoms with Crippen LogP contribution in [-0.2, 0) is 4.74 Å². The van der Waals surface area contributed by atoms with Crippen molar-refractivity contribution in [2.24, 2.45) is 5.92 Å². The van der Waals surface area contributed by atoms with Gasteiger partial charge in [-0.15, -0.1) is 0 Å². The van der Waals surface area contributed by atoms with E-state index in [2.05, 4.69) is 20.8 Å². The first-order chi connectivity index (χ1) is 6.71. The molecule has 0 aliphatic carbocycles. The highest BCUT2D eigenvalue weighted by Gasteiger charge is 2.24. The standard InChI is InChI=1S/C12H26O2/c1-5-9-11(14-8-4)12(13)10(6-2)7-3/h10-13H,5-9H2,1-4H3. The second kappa shape index (κ2) is 8.25. The third kappa shape index (κ3) is 4.43. The Hall–Kier alpha value is -0.0800. The van der Waals surface area contributed by atoms with Gasteiger partial charge in [-0.1, -0.05) is 40.0 Å². The van der Waals surface area contributed by atoms with Crippen LogP contribution in [0.4, 0.5) is 0 Å². The number of aliphatic hydroxyl groups excluding tert-OH is 1. The van der Waals surface area contributed by atoms with Crippen molar-refractivity contribution in [2.75, 3.05) is 6.61 Å². The van der Waals surface area contributed by atoms with Crippen molar-refractivity contribution in [2.45, 2.75) is 65.6 Å². The van der Waals surface area contributed by atoms with Gasteiger partial charge < -0.3 is 9.84 Å². The lowest BCUT2D eigenvalue weighted by Crippen LogP contribution is -2.35. The first-order valence-electron chi connectivity index (χ1n) is 6.00. The van der Waals surface area contributed by atoms with Crippen LogP contribution in [0.3, 0.4) is 0 Å². The Morgan fingerprint density at radius 1 is 1.07 bits per heavy atom. The fourth-order valence-corrected chi connectivity index (χ4v) is 1.93. The lowest BCUT2D eigenvalue weighted by atomic mass is 9.91. The summed E-state index contributed by atoms with van der Waals surface area (Å²) in [6, 6.07) is 0. The van der Waals surface area contributed by atoms with Gasteiger partial charge in [-0.3, -0.25) is 0 Å². The molecule has 0 saturated carbocycles. The fraction of sp³-hybridized carbons (Fsp3) is 1.00. The van der Waals surface area contributed by atoms with Crippen LogP contribution in [0.1, 0.15) is 53.4 Å². The predicted molar refractivity (Wildman–Crippen MR) is 60.4 cm³/mol. The Morgan fingerprint density at radius 2 is 1.64 bits per heavy atom. The van der Waals surface area contributed by atoms with Gasteiger partial charge in [0.1, 0.15) is 0 Å². The van der Waals surface area contributed by atoms with E-state index in [0.29, 0.717) is 12.5 Å². The maximum absolute atomic E-state index is 10.1. The second-order valence-electron chi connectivity index (χ2n) is 3.85. The molecule has 1 N–H and O–H groups in total. The molecule has 0 spiro atoms. The number of aliphatic hydroxyl groups is 1.